The first-order valence-electron chi connectivity index (χ1n) is 11.1. The van der Waals surface area contributed by atoms with Crippen molar-refractivity contribution >= 4 is 15.7 Å². The lowest BCUT2D eigenvalue weighted by Crippen LogP contribution is -2.25. The van der Waals surface area contributed by atoms with Crippen molar-refractivity contribution in [3.63, 3.8) is 0 Å². The fraction of sp³-hybridized carbons (Fsp3) is 0.480. The predicted molar refractivity (Wildman–Crippen MR) is 127 cm³/mol. The first kappa shape index (κ1) is 23.3. The first-order valence-corrected chi connectivity index (χ1v) is 12.6. The molecule has 1 aliphatic rings. The fourth-order valence-corrected chi connectivity index (χ4v) is 5.68. The highest BCUT2D eigenvalue weighted by molar-refractivity contribution is 7.89. The second-order valence-electron chi connectivity index (χ2n) is 9.30. The summed E-state index contributed by atoms with van der Waals surface area (Å²) in [6.45, 7) is 12.3. The van der Waals surface area contributed by atoms with Gasteiger partial charge in [-0.1, -0.05) is 65.8 Å². The Hall–Kier alpha value is -2.34. The van der Waals surface area contributed by atoms with Gasteiger partial charge in [-0.2, -0.15) is 18.4 Å². The van der Waals surface area contributed by atoms with E-state index < -0.39 is 10.0 Å². The maximum Gasteiger partial charge on any atom is 0.277 e. The Labute approximate surface area is 186 Å². The summed E-state index contributed by atoms with van der Waals surface area (Å²) in [5.41, 5.74) is 5.11. The average molecular weight is 443 g/mol. The quantitative estimate of drug-likeness (QED) is 0.557. The Kier molecular flexibility index (Phi) is 6.79. The molecule has 0 saturated heterocycles. The molecule has 0 unspecified atom stereocenters. The van der Waals surface area contributed by atoms with Crippen molar-refractivity contribution in [2.24, 2.45) is 5.10 Å². The van der Waals surface area contributed by atoms with Crippen molar-refractivity contribution in [1.82, 2.24) is 4.83 Å². The Bertz CT molecular complexity index is 1070. The van der Waals surface area contributed by atoms with Crippen LogP contribution in [0.15, 0.2) is 40.3 Å². The van der Waals surface area contributed by atoms with Crippen LogP contribution in [0.3, 0.4) is 0 Å². The van der Waals surface area contributed by atoms with Gasteiger partial charge in [-0.05, 0) is 59.8 Å². The molecule has 31 heavy (non-hydrogen) atoms. The summed E-state index contributed by atoms with van der Waals surface area (Å²) in [4.78, 5) is 2.87. The first-order chi connectivity index (χ1) is 14.5. The van der Waals surface area contributed by atoms with Gasteiger partial charge in [0.2, 0.25) is 0 Å². The Morgan fingerprint density at radius 3 is 2.10 bits per heavy atom. The van der Waals surface area contributed by atoms with Crippen molar-refractivity contribution in [2.75, 3.05) is 0 Å². The third kappa shape index (κ3) is 4.79. The number of hydrazone groups is 1. The van der Waals surface area contributed by atoms with Crippen LogP contribution in [0.4, 0.5) is 0 Å². The van der Waals surface area contributed by atoms with Crippen molar-refractivity contribution in [3.05, 3.63) is 58.1 Å². The molecule has 168 valence electrons. The van der Waals surface area contributed by atoms with Gasteiger partial charge in [0.05, 0.1) is 10.6 Å². The van der Waals surface area contributed by atoms with Crippen LogP contribution in [0.5, 0.6) is 5.75 Å². The number of phenolic OH excluding ortho intramolecular Hbond substituents is 1. The van der Waals surface area contributed by atoms with E-state index in [0.29, 0.717) is 22.9 Å². The highest BCUT2D eigenvalue weighted by atomic mass is 32.2. The van der Waals surface area contributed by atoms with Crippen LogP contribution in [0.2, 0.25) is 0 Å². The minimum Gasteiger partial charge on any atom is -0.508 e. The van der Waals surface area contributed by atoms with Gasteiger partial charge in [0.1, 0.15) is 5.75 Å². The van der Waals surface area contributed by atoms with Gasteiger partial charge in [-0.3, -0.25) is 0 Å². The molecule has 0 atom stereocenters. The summed E-state index contributed by atoms with van der Waals surface area (Å²) in [6, 6.07) is 9.36. The second-order valence-corrected chi connectivity index (χ2v) is 10.9. The summed E-state index contributed by atoms with van der Waals surface area (Å²) >= 11 is 0. The largest absolute Gasteiger partial charge is 0.508 e. The number of aromatic hydroxyl groups is 1. The lowest BCUT2D eigenvalue weighted by molar-refractivity contribution is 0.466. The highest BCUT2D eigenvalue weighted by Crippen LogP contribution is 2.35. The number of benzene rings is 2. The molecule has 0 amide bonds. The molecule has 0 saturated carbocycles. The van der Waals surface area contributed by atoms with Gasteiger partial charge in [0.25, 0.3) is 10.0 Å². The Morgan fingerprint density at radius 2 is 1.55 bits per heavy atom. The van der Waals surface area contributed by atoms with Crippen molar-refractivity contribution < 1.29 is 13.5 Å². The fourth-order valence-electron chi connectivity index (χ4n) is 4.15. The summed E-state index contributed by atoms with van der Waals surface area (Å²) in [7, 11) is -3.87. The van der Waals surface area contributed by atoms with E-state index in [9.17, 15) is 13.5 Å². The van der Waals surface area contributed by atoms with E-state index in [1.807, 2.05) is 45.9 Å². The van der Waals surface area contributed by atoms with Gasteiger partial charge in [0, 0.05) is 11.1 Å². The van der Waals surface area contributed by atoms with Gasteiger partial charge >= 0.3 is 0 Å². The SMILES string of the molecule is CC(C)c1cc(C(C)C)c(S(=O)(=O)NN=C2CCCc3c(O)cccc32)c(C(C)C)c1. The van der Waals surface area contributed by atoms with E-state index in [-0.39, 0.29) is 17.6 Å². The van der Waals surface area contributed by atoms with Crippen LogP contribution >= 0.6 is 0 Å². The number of fused-ring (bicyclic) bond motifs is 1. The summed E-state index contributed by atoms with van der Waals surface area (Å²) in [5.74, 6) is 0.665. The molecule has 0 spiro atoms. The number of nitrogens with zero attached hydrogens (tertiary/aromatic N) is 1. The Balaban J connectivity index is 2.09. The van der Waals surface area contributed by atoms with Gasteiger partial charge in [-0.15, -0.1) is 0 Å². The third-order valence-electron chi connectivity index (χ3n) is 5.95. The van der Waals surface area contributed by atoms with E-state index in [1.54, 1.807) is 12.1 Å². The maximum absolute atomic E-state index is 13.5. The van der Waals surface area contributed by atoms with Crippen molar-refractivity contribution in [2.45, 2.75) is 83.5 Å². The Morgan fingerprint density at radius 1 is 0.935 bits per heavy atom. The van der Waals surface area contributed by atoms with Crippen LogP contribution < -0.4 is 4.83 Å². The number of sulfonamides is 1. The van der Waals surface area contributed by atoms with Crippen molar-refractivity contribution in [1.29, 1.82) is 0 Å². The zero-order valence-electron chi connectivity index (χ0n) is 19.4. The average Bonchev–Trinajstić information content (AvgIpc) is 2.71. The molecular formula is C25H34N2O3S. The molecule has 2 aromatic rings. The monoisotopic (exact) mass is 442 g/mol. The molecule has 1 aliphatic carbocycles. The van der Waals surface area contributed by atoms with Crippen LogP contribution in [-0.4, -0.2) is 19.2 Å². The van der Waals surface area contributed by atoms with Gasteiger partial charge in [0.15, 0.2) is 0 Å². The lowest BCUT2D eigenvalue weighted by Gasteiger charge is -2.23. The zero-order valence-corrected chi connectivity index (χ0v) is 20.2. The van der Waals surface area contributed by atoms with Gasteiger partial charge in [-0.25, -0.2) is 0 Å². The van der Waals surface area contributed by atoms with Crippen molar-refractivity contribution in [3.8, 4) is 5.75 Å². The smallest absolute Gasteiger partial charge is 0.277 e. The molecule has 5 nitrogen and oxygen atoms in total. The van der Waals surface area contributed by atoms with E-state index >= 15 is 0 Å². The molecular weight excluding hydrogens is 408 g/mol. The molecule has 0 radical (unpaired) electrons. The molecule has 0 aromatic heterocycles. The minimum absolute atomic E-state index is 0.0581. The number of rotatable bonds is 6. The topological polar surface area (TPSA) is 78.8 Å². The lowest BCUT2D eigenvalue weighted by atomic mass is 9.89. The number of nitrogens with one attached hydrogen (secondary N) is 1. The maximum atomic E-state index is 13.5. The van der Waals surface area contributed by atoms with E-state index in [0.717, 1.165) is 40.7 Å². The van der Waals surface area contributed by atoms with Crippen LogP contribution in [-0.2, 0) is 16.4 Å². The van der Waals surface area contributed by atoms with Crippen LogP contribution in [0.25, 0.3) is 0 Å². The minimum atomic E-state index is -3.87. The second kappa shape index (κ2) is 9.03. The van der Waals surface area contributed by atoms with Gasteiger partial charge < -0.3 is 5.11 Å². The molecule has 2 aromatic carbocycles. The molecule has 0 bridgehead atoms. The molecule has 0 heterocycles. The molecule has 3 rings (SSSR count). The van der Waals surface area contributed by atoms with Crippen LogP contribution in [0.1, 0.15) is 100.0 Å². The summed E-state index contributed by atoms with van der Waals surface area (Å²) < 4.78 is 27.0. The predicted octanol–water partition coefficient (Wildman–Crippen LogP) is 5.78. The standard InChI is InChI=1S/C25H34N2O3S/c1-15(2)18-13-21(16(3)4)25(22(14-18)17(5)6)31(29,30)27-26-23-11-7-10-20-19(23)9-8-12-24(20)28/h8-9,12-17,27-28H,7,10-11H2,1-6H3. The molecule has 0 aliphatic heterocycles. The van der Waals surface area contributed by atoms with E-state index in [4.69, 9.17) is 0 Å². The number of phenols is 1. The summed E-state index contributed by atoms with van der Waals surface area (Å²) in [5, 5.41) is 14.5. The van der Waals surface area contributed by atoms with Crippen LogP contribution in [0, 0.1) is 0 Å². The summed E-state index contributed by atoms with van der Waals surface area (Å²) in [6.07, 6.45) is 2.25. The molecule has 2 N–H and O–H groups in total. The molecule has 0 fully saturated rings. The number of hydrogen-bond donors (Lipinski definition) is 2. The highest BCUT2D eigenvalue weighted by Gasteiger charge is 2.27. The van der Waals surface area contributed by atoms with E-state index in [1.165, 1.54) is 0 Å². The zero-order chi connectivity index (χ0) is 22.9. The normalized spacial score (nSPS) is 15.7. The third-order valence-corrected chi connectivity index (χ3v) is 7.29. The molecule has 6 heteroatoms. The van der Waals surface area contributed by atoms with E-state index in [2.05, 4.69) is 23.8 Å². The number of hydrogen-bond acceptors (Lipinski definition) is 4.